The van der Waals surface area contributed by atoms with Crippen molar-refractivity contribution in [3.63, 3.8) is 0 Å². The second-order valence-corrected chi connectivity index (χ2v) is 14.8. The maximum absolute atomic E-state index is 6.00. The Kier molecular flexibility index (Phi) is 8.68. The van der Waals surface area contributed by atoms with Crippen molar-refractivity contribution in [3.05, 3.63) is 129 Å². The van der Waals surface area contributed by atoms with Crippen LogP contribution in [0.1, 0.15) is 53.0 Å². The Morgan fingerprint density at radius 1 is 0.806 bits per heavy atom. The van der Waals surface area contributed by atoms with Gasteiger partial charge in [0, 0.05) is 4.88 Å². The van der Waals surface area contributed by atoms with Gasteiger partial charge in [-0.2, -0.15) is 0 Å². The lowest BCUT2D eigenvalue weighted by Gasteiger charge is -2.34. The Labute approximate surface area is 226 Å². The Morgan fingerprint density at radius 2 is 1.28 bits per heavy atom. The minimum absolute atomic E-state index is 0.0187. The van der Waals surface area contributed by atoms with Crippen molar-refractivity contribution in [2.75, 3.05) is 0 Å². The summed E-state index contributed by atoms with van der Waals surface area (Å²) in [5, 5.41) is 3.30. The number of aromatic nitrogens is 1. The monoisotopic (exact) mass is 529 g/mol. The van der Waals surface area contributed by atoms with Gasteiger partial charge in [0.15, 0.2) is 9.04 Å². The molecule has 0 radical (unpaired) electrons. The van der Waals surface area contributed by atoms with E-state index in [9.17, 15) is 0 Å². The van der Waals surface area contributed by atoms with Crippen LogP contribution in [0.25, 0.3) is 6.08 Å². The van der Waals surface area contributed by atoms with Crippen LogP contribution in [0.3, 0.4) is 0 Å². The van der Waals surface area contributed by atoms with Gasteiger partial charge in [-0.1, -0.05) is 112 Å². The Hall–Kier alpha value is -2.44. The molecule has 0 amide bonds. The van der Waals surface area contributed by atoms with Crippen LogP contribution in [0.4, 0.5) is 0 Å². The van der Waals surface area contributed by atoms with Crippen molar-refractivity contribution in [1.29, 1.82) is 0 Å². The first-order valence-corrected chi connectivity index (χ1v) is 16.9. The van der Waals surface area contributed by atoms with Crippen molar-refractivity contribution in [3.8, 4) is 0 Å². The highest BCUT2D eigenvalue weighted by Gasteiger charge is 2.36. The number of benzene rings is 3. The molecule has 0 unspecified atom stereocenters. The van der Waals surface area contributed by atoms with Crippen molar-refractivity contribution in [2.24, 2.45) is 0 Å². The fraction of sp³-hybridized carbons (Fsp3) is 0.258. The van der Waals surface area contributed by atoms with Gasteiger partial charge in [0.25, 0.3) is 0 Å². The maximum Gasteiger partial charge on any atom is 0.171 e. The molecule has 1 heterocycles. The molecule has 2 nitrogen and oxygen atoms in total. The van der Waals surface area contributed by atoms with Gasteiger partial charge in [-0.05, 0) is 46.7 Å². The Morgan fingerprint density at radius 3 is 1.69 bits per heavy atom. The zero-order valence-corrected chi connectivity index (χ0v) is 24.6. The molecule has 0 aliphatic carbocycles. The molecule has 0 fully saturated rings. The first-order valence-electron chi connectivity index (χ1n) is 12.4. The SMILES string of the molecule is C[SiH](C)OCc1nc(C=CSC(c2ccccc2)(c2ccccc2)c2ccccc2)c(C(C)(C)C)s1. The fourth-order valence-electron chi connectivity index (χ4n) is 4.25. The smallest absolute Gasteiger partial charge is 0.171 e. The lowest BCUT2D eigenvalue weighted by atomic mass is 9.84. The quantitative estimate of drug-likeness (QED) is 0.160. The minimum atomic E-state index is -1.09. The van der Waals surface area contributed by atoms with Gasteiger partial charge in [0.1, 0.15) is 5.01 Å². The highest BCUT2D eigenvalue weighted by Crippen LogP contribution is 2.49. The molecule has 4 aromatic rings. The highest BCUT2D eigenvalue weighted by molar-refractivity contribution is 8.03. The average Bonchev–Trinajstić information content (AvgIpc) is 3.31. The van der Waals surface area contributed by atoms with E-state index in [1.807, 2.05) is 11.8 Å². The lowest BCUT2D eigenvalue weighted by molar-refractivity contribution is 0.314. The van der Waals surface area contributed by atoms with Crippen LogP contribution in [0.15, 0.2) is 96.4 Å². The third-order valence-electron chi connectivity index (χ3n) is 5.93. The molecular weight excluding hydrogens is 495 g/mol. The molecular formula is C31H35NOS2Si. The topological polar surface area (TPSA) is 22.1 Å². The first kappa shape index (κ1) is 26.6. The average molecular weight is 530 g/mol. The molecule has 36 heavy (non-hydrogen) atoms. The van der Waals surface area contributed by atoms with E-state index in [0.717, 1.165) is 10.7 Å². The van der Waals surface area contributed by atoms with Crippen LogP contribution in [-0.2, 0) is 21.2 Å². The molecule has 0 saturated heterocycles. The van der Waals surface area contributed by atoms with Crippen LogP contribution in [0.2, 0.25) is 13.1 Å². The molecule has 1 aromatic heterocycles. The van der Waals surface area contributed by atoms with Crippen LogP contribution in [-0.4, -0.2) is 14.0 Å². The third-order valence-corrected chi connectivity index (χ3v) is 9.57. The number of nitrogens with zero attached hydrogens (tertiary/aromatic N) is 1. The van der Waals surface area contributed by atoms with Crippen molar-refractivity contribution < 1.29 is 4.43 Å². The van der Waals surface area contributed by atoms with Gasteiger partial charge >= 0.3 is 0 Å². The third kappa shape index (κ3) is 6.09. The molecule has 0 spiro atoms. The summed E-state index contributed by atoms with van der Waals surface area (Å²) in [6.45, 7) is 11.8. The number of thioether (sulfide) groups is 1. The molecule has 0 aliphatic heterocycles. The molecule has 3 aromatic carbocycles. The maximum atomic E-state index is 6.00. The zero-order chi connectivity index (χ0) is 25.6. The van der Waals surface area contributed by atoms with E-state index in [4.69, 9.17) is 9.41 Å². The standard InChI is InChI=1S/C31H35NOS2Si/c1-30(2,3)29-27(32-28(35-29)23-33-36(4)5)21-22-34-31(24-15-9-6-10-16-24,25-17-11-7-12-18-25)26-19-13-8-14-20-26/h6-22,36H,23H2,1-5H3. The van der Waals surface area contributed by atoms with E-state index >= 15 is 0 Å². The summed E-state index contributed by atoms with van der Waals surface area (Å²) in [5.74, 6) is 0. The van der Waals surface area contributed by atoms with E-state index in [2.05, 4.69) is 136 Å². The second-order valence-electron chi connectivity index (χ2n) is 10.1. The van der Waals surface area contributed by atoms with Crippen molar-refractivity contribution >= 4 is 38.2 Å². The van der Waals surface area contributed by atoms with E-state index in [1.54, 1.807) is 11.3 Å². The van der Waals surface area contributed by atoms with Gasteiger partial charge in [0.05, 0.1) is 17.0 Å². The minimum Gasteiger partial charge on any atom is -0.414 e. The summed E-state index contributed by atoms with van der Waals surface area (Å²) in [5.41, 5.74) is 4.82. The van der Waals surface area contributed by atoms with Gasteiger partial charge in [-0.25, -0.2) is 4.98 Å². The molecule has 0 saturated carbocycles. The van der Waals surface area contributed by atoms with E-state index < -0.39 is 9.04 Å². The van der Waals surface area contributed by atoms with Crippen LogP contribution < -0.4 is 0 Å². The fourth-order valence-corrected chi connectivity index (χ4v) is 7.11. The van der Waals surface area contributed by atoms with Crippen molar-refractivity contribution in [2.45, 2.75) is 50.6 Å². The van der Waals surface area contributed by atoms with Gasteiger partial charge in [-0.3, -0.25) is 0 Å². The molecule has 0 atom stereocenters. The molecule has 0 bridgehead atoms. The number of hydrogen-bond donors (Lipinski definition) is 0. The zero-order valence-electron chi connectivity index (χ0n) is 21.8. The number of rotatable bonds is 9. The van der Waals surface area contributed by atoms with E-state index in [0.29, 0.717) is 6.61 Å². The van der Waals surface area contributed by atoms with Gasteiger partial charge < -0.3 is 4.43 Å². The van der Waals surface area contributed by atoms with E-state index in [-0.39, 0.29) is 10.2 Å². The summed E-state index contributed by atoms with van der Waals surface area (Å²) >= 11 is 3.61. The number of thiazole rings is 1. The lowest BCUT2D eigenvalue weighted by Crippen LogP contribution is -2.24. The van der Waals surface area contributed by atoms with Crippen molar-refractivity contribution in [1.82, 2.24) is 4.98 Å². The van der Waals surface area contributed by atoms with E-state index in [1.165, 1.54) is 21.6 Å². The summed E-state index contributed by atoms with van der Waals surface area (Å²) < 4.78 is 5.62. The molecule has 4 rings (SSSR count). The number of hydrogen-bond acceptors (Lipinski definition) is 4. The van der Waals surface area contributed by atoms with Crippen LogP contribution in [0.5, 0.6) is 0 Å². The normalized spacial score (nSPS) is 12.5. The highest BCUT2D eigenvalue weighted by atomic mass is 32.2. The van der Waals surface area contributed by atoms with Crippen LogP contribution >= 0.6 is 23.1 Å². The predicted molar refractivity (Wildman–Crippen MR) is 160 cm³/mol. The summed E-state index contributed by atoms with van der Waals surface area (Å²) in [6, 6.07) is 32.4. The largest absolute Gasteiger partial charge is 0.414 e. The summed E-state index contributed by atoms with van der Waals surface area (Å²) in [7, 11) is -1.09. The second kappa shape index (κ2) is 11.7. The summed E-state index contributed by atoms with van der Waals surface area (Å²) in [6.07, 6.45) is 2.20. The Bertz CT molecular complexity index is 1170. The molecule has 0 aliphatic rings. The molecule has 0 N–H and O–H groups in total. The Balaban J connectivity index is 1.79. The predicted octanol–water partition coefficient (Wildman–Crippen LogP) is 8.64. The van der Waals surface area contributed by atoms with Crippen LogP contribution in [0, 0.1) is 0 Å². The molecule has 5 heteroatoms. The summed E-state index contributed by atoms with van der Waals surface area (Å²) in [4.78, 5) is 6.30. The van der Waals surface area contributed by atoms with Gasteiger partial charge in [0.2, 0.25) is 0 Å². The van der Waals surface area contributed by atoms with Gasteiger partial charge in [-0.15, -0.1) is 23.1 Å². The first-order chi connectivity index (χ1) is 17.3. The molecule has 186 valence electrons.